The number of carbonyl (C=O) groups excluding carboxylic acids is 1. The molecule has 0 saturated carbocycles. The average molecular weight is 699 g/mol. The fraction of sp³-hybridized carbons (Fsp3) is 0.289. The molecule has 1 aliphatic heterocycles. The zero-order valence-corrected chi connectivity index (χ0v) is 29.8. The van der Waals surface area contributed by atoms with Crippen molar-refractivity contribution in [2.45, 2.75) is 53.5 Å². The van der Waals surface area contributed by atoms with Crippen molar-refractivity contribution in [1.82, 2.24) is 19.3 Å². The number of hydrogen-bond donors (Lipinski definition) is 2. The highest BCUT2D eigenvalue weighted by molar-refractivity contribution is 6.35. The number of carboxylic acid groups (broad SMARTS) is 1. The number of aromatic nitrogens is 4. The van der Waals surface area contributed by atoms with Gasteiger partial charge in [-0.3, -0.25) is 9.48 Å². The predicted octanol–water partition coefficient (Wildman–Crippen LogP) is 8.99. The lowest BCUT2D eigenvalue weighted by Crippen LogP contribution is -2.42. The smallest absolute Gasteiger partial charge is 0.335 e. The SMILES string of the molecule is Cc1cc(OCCCc2c3n(c4c(-c5c(C)nn(C)c5C)c(Cl)ccc24)[C@H](C)CN(c2cc(C(=O)O)cc4[nH]ccc24)C3=O)cc(C)c1Cl. The maximum atomic E-state index is 14.9. The highest BCUT2D eigenvalue weighted by Gasteiger charge is 2.37. The standard InChI is InChI=1S/C38H37Cl2N5O4/c1-19-14-25(15-20(2)34(19)40)49-13-7-8-26-27-9-10-29(39)33(32-22(4)42-43(6)23(32)5)35(27)45-21(3)18-44(37(46)36(26)45)31-17-24(38(47)48)16-30-28(31)11-12-41-30/h9-12,14-17,21,41H,7-8,13,18H2,1-6H3,(H,47,48)/t21-/m1/s1. The van der Waals surface area contributed by atoms with Crippen molar-refractivity contribution in [2.24, 2.45) is 7.05 Å². The summed E-state index contributed by atoms with van der Waals surface area (Å²) in [5.74, 6) is -0.497. The normalized spacial score (nSPS) is 14.7. The molecule has 6 aromatic rings. The molecule has 1 atom stereocenters. The lowest BCUT2D eigenvalue weighted by Gasteiger charge is -2.35. The van der Waals surface area contributed by atoms with E-state index in [1.807, 2.05) is 69.8 Å². The van der Waals surface area contributed by atoms with Crippen molar-refractivity contribution in [3.63, 3.8) is 0 Å². The molecule has 252 valence electrons. The number of benzene rings is 3. The third-order valence-electron chi connectivity index (χ3n) is 9.75. The van der Waals surface area contributed by atoms with E-state index in [9.17, 15) is 14.7 Å². The second-order valence-corrected chi connectivity index (χ2v) is 13.8. The zero-order valence-electron chi connectivity index (χ0n) is 28.2. The van der Waals surface area contributed by atoms with Crippen LogP contribution in [0.5, 0.6) is 5.75 Å². The van der Waals surface area contributed by atoms with Crippen molar-refractivity contribution in [1.29, 1.82) is 0 Å². The summed E-state index contributed by atoms with van der Waals surface area (Å²) in [7, 11) is 1.92. The first kappa shape index (κ1) is 32.8. The number of fused-ring (bicyclic) bond motifs is 4. The van der Waals surface area contributed by atoms with Crippen molar-refractivity contribution in [3.8, 4) is 16.9 Å². The average Bonchev–Trinajstić information content (AvgIpc) is 3.73. The van der Waals surface area contributed by atoms with E-state index in [-0.39, 0.29) is 17.5 Å². The number of aromatic carboxylic acids is 1. The Labute approximate surface area is 294 Å². The van der Waals surface area contributed by atoms with Crippen LogP contribution in [0.1, 0.15) is 68.3 Å². The number of nitrogens with zero attached hydrogens (tertiary/aromatic N) is 4. The predicted molar refractivity (Wildman–Crippen MR) is 195 cm³/mol. The molecule has 1 aliphatic rings. The van der Waals surface area contributed by atoms with Gasteiger partial charge in [-0.25, -0.2) is 4.79 Å². The fourth-order valence-corrected chi connectivity index (χ4v) is 7.79. The highest BCUT2D eigenvalue weighted by atomic mass is 35.5. The molecule has 3 aromatic carbocycles. The van der Waals surface area contributed by atoms with Crippen molar-refractivity contribution in [3.05, 3.63) is 98.0 Å². The number of anilines is 1. The Balaban J connectivity index is 1.38. The number of aryl methyl sites for hydroxylation is 5. The molecule has 4 heterocycles. The van der Waals surface area contributed by atoms with Crippen molar-refractivity contribution >= 4 is 62.6 Å². The summed E-state index contributed by atoms with van der Waals surface area (Å²) in [6, 6.07) is 12.7. The van der Waals surface area contributed by atoms with Gasteiger partial charge in [0.2, 0.25) is 0 Å². The van der Waals surface area contributed by atoms with Crippen LogP contribution in [-0.4, -0.2) is 49.5 Å². The van der Waals surface area contributed by atoms with E-state index in [4.69, 9.17) is 33.0 Å². The number of hydrogen-bond acceptors (Lipinski definition) is 4. The van der Waals surface area contributed by atoms with Crippen molar-refractivity contribution in [2.75, 3.05) is 18.1 Å². The van der Waals surface area contributed by atoms with Gasteiger partial charge in [0.25, 0.3) is 5.91 Å². The molecule has 3 aromatic heterocycles. The molecule has 1 amide bonds. The van der Waals surface area contributed by atoms with Crippen LogP contribution in [0.4, 0.5) is 5.69 Å². The van der Waals surface area contributed by atoms with E-state index in [0.717, 1.165) is 66.3 Å². The van der Waals surface area contributed by atoms with Gasteiger partial charge in [0.1, 0.15) is 11.4 Å². The van der Waals surface area contributed by atoms with E-state index in [2.05, 4.69) is 16.5 Å². The fourth-order valence-electron chi connectivity index (χ4n) is 7.43. The van der Waals surface area contributed by atoms with Crippen LogP contribution in [0.25, 0.3) is 32.9 Å². The van der Waals surface area contributed by atoms with Gasteiger partial charge in [-0.05, 0) is 101 Å². The Hall–Kier alpha value is -4.73. The molecule has 0 unspecified atom stereocenters. The van der Waals surface area contributed by atoms with E-state index in [1.54, 1.807) is 23.2 Å². The van der Waals surface area contributed by atoms with Crippen LogP contribution < -0.4 is 9.64 Å². The van der Waals surface area contributed by atoms with E-state index in [1.165, 1.54) is 0 Å². The Bertz CT molecular complexity index is 2310. The van der Waals surface area contributed by atoms with E-state index in [0.29, 0.717) is 47.9 Å². The highest BCUT2D eigenvalue weighted by Crippen LogP contribution is 2.45. The minimum absolute atomic E-state index is 0.109. The summed E-state index contributed by atoms with van der Waals surface area (Å²) in [6.45, 7) is 10.8. The number of carbonyl (C=O) groups is 2. The first-order valence-corrected chi connectivity index (χ1v) is 17.0. The number of halogens is 2. The molecule has 0 fully saturated rings. The maximum absolute atomic E-state index is 14.9. The summed E-state index contributed by atoms with van der Waals surface area (Å²) in [5.41, 5.74) is 9.24. The largest absolute Gasteiger partial charge is 0.494 e. The molecule has 0 aliphatic carbocycles. The molecule has 11 heteroatoms. The first-order chi connectivity index (χ1) is 23.4. The number of ether oxygens (including phenoxy) is 1. The Morgan fingerprint density at radius 1 is 1.04 bits per heavy atom. The monoisotopic (exact) mass is 697 g/mol. The van der Waals surface area contributed by atoms with Gasteiger partial charge in [-0.1, -0.05) is 29.3 Å². The second kappa shape index (κ2) is 12.3. The molecular formula is C38H37Cl2N5O4. The molecule has 0 spiro atoms. The molecule has 9 nitrogen and oxygen atoms in total. The van der Waals surface area contributed by atoms with Gasteiger partial charge >= 0.3 is 5.97 Å². The summed E-state index contributed by atoms with van der Waals surface area (Å²) in [6.07, 6.45) is 2.97. The quantitative estimate of drug-likeness (QED) is 0.155. The Morgan fingerprint density at radius 2 is 1.78 bits per heavy atom. The molecule has 7 rings (SSSR count). The molecule has 0 saturated heterocycles. The molecule has 49 heavy (non-hydrogen) atoms. The van der Waals surface area contributed by atoms with Crippen LogP contribution in [0.3, 0.4) is 0 Å². The van der Waals surface area contributed by atoms with Gasteiger partial charge in [0.05, 0.1) is 34.1 Å². The van der Waals surface area contributed by atoms with Crippen LogP contribution in [-0.2, 0) is 13.5 Å². The number of amides is 1. The number of nitrogens with one attached hydrogen (secondary N) is 1. The summed E-state index contributed by atoms with van der Waals surface area (Å²) >= 11 is 13.4. The van der Waals surface area contributed by atoms with Crippen LogP contribution in [0, 0.1) is 27.7 Å². The second-order valence-electron chi connectivity index (χ2n) is 13.0. The third kappa shape index (κ3) is 5.36. The van der Waals surface area contributed by atoms with E-state index >= 15 is 0 Å². The first-order valence-electron chi connectivity index (χ1n) is 16.3. The van der Waals surface area contributed by atoms with Crippen LogP contribution >= 0.6 is 23.2 Å². The van der Waals surface area contributed by atoms with Crippen LogP contribution in [0.2, 0.25) is 10.0 Å². The molecule has 0 radical (unpaired) electrons. The summed E-state index contributed by atoms with van der Waals surface area (Å²) in [4.78, 5) is 31.9. The number of H-pyrrole nitrogens is 1. The van der Waals surface area contributed by atoms with Crippen molar-refractivity contribution < 1.29 is 19.4 Å². The zero-order chi connectivity index (χ0) is 34.9. The van der Waals surface area contributed by atoms with Gasteiger partial charge in [-0.2, -0.15) is 5.10 Å². The van der Waals surface area contributed by atoms with Gasteiger partial charge in [0, 0.05) is 64.0 Å². The maximum Gasteiger partial charge on any atom is 0.335 e. The van der Waals surface area contributed by atoms with Crippen LogP contribution in [0.15, 0.2) is 48.7 Å². The third-order valence-corrected chi connectivity index (χ3v) is 10.7. The van der Waals surface area contributed by atoms with Gasteiger partial charge < -0.3 is 24.3 Å². The number of carboxylic acids is 1. The van der Waals surface area contributed by atoms with Gasteiger partial charge in [0.15, 0.2) is 0 Å². The topological polar surface area (TPSA) is 105 Å². The van der Waals surface area contributed by atoms with Gasteiger partial charge in [-0.15, -0.1) is 0 Å². The molecular weight excluding hydrogens is 661 g/mol. The Kier molecular flexibility index (Phi) is 8.24. The van der Waals surface area contributed by atoms with E-state index < -0.39 is 5.97 Å². The summed E-state index contributed by atoms with van der Waals surface area (Å²) in [5, 5.41) is 17.7. The molecule has 2 N–H and O–H groups in total. The lowest BCUT2D eigenvalue weighted by atomic mass is 9.98. The lowest BCUT2D eigenvalue weighted by molar-refractivity contribution is 0.0696. The Morgan fingerprint density at radius 3 is 2.45 bits per heavy atom. The minimum atomic E-state index is -1.06. The number of rotatable bonds is 8. The number of aromatic amines is 1. The minimum Gasteiger partial charge on any atom is -0.494 e. The molecule has 0 bridgehead atoms. The summed E-state index contributed by atoms with van der Waals surface area (Å²) < 4.78 is 10.2.